The Labute approximate surface area is 116 Å². The molecule has 0 heterocycles. The van der Waals surface area contributed by atoms with Crippen LogP contribution < -0.4 is 4.74 Å². The van der Waals surface area contributed by atoms with Crippen molar-refractivity contribution < 1.29 is 14.9 Å². The minimum atomic E-state index is -0.860. The monoisotopic (exact) mass is 266 g/mol. The number of benzene rings is 1. The Morgan fingerprint density at radius 2 is 1.84 bits per heavy atom. The van der Waals surface area contributed by atoms with E-state index in [1.165, 1.54) is 6.07 Å². The molecule has 19 heavy (non-hydrogen) atoms. The summed E-state index contributed by atoms with van der Waals surface area (Å²) in [7, 11) is 0. The smallest absolute Gasteiger partial charge is 0.200 e. The van der Waals surface area contributed by atoms with Gasteiger partial charge in [-0.3, -0.25) is 0 Å². The molecular weight excluding hydrogens is 240 g/mol. The molecule has 2 unspecified atom stereocenters. The van der Waals surface area contributed by atoms with E-state index in [0.29, 0.717) is 11.7 Å². The molecule has 0 fully saturated rings. The van der Waals surface area contributed by atoms with E-state index in [2.05, 4.69) is 34.6 Å². The number of phenolic OH excluding ortho intramolecular Hbond substituents is 1. The first kappa shape index (κ1) is 15.8. The van der Waals surface area contributed by atoms with Crippen molar-refractivity contribution in [2.75, 3.05) is 0 Å². The number of aromatic hydroxyl groups is 1. The molecule has 108 valence electrons. The number of hydrogen-bond acceptors (Lipinski definition) is 3. The Kier molecular flexibility index (Phi) is 5.24. The van der Waals surface area contributed by atoms with Crippen molar-refractivity contribution in [3.63, 3.8) is 0 Å². The van der Waals surface area contributed by atoms with Gasteiger partial charge in [-0.2, -0.15) is 0 Å². The van der Waals surface area contributed by atoms with Crippen LogP contribution in [0.2, 0.25) is 0 Å². The SMILES string of the molecule is CC(C)C(CC(C)(C)C)C(O)Oc1cccc(O)c1. The minimum Gasteiger partial charge on any atom is -0.508 e. The van der Waals surface area contributed by atoms with Crippen molar-refractivity contribution in [3.05, 3.63) is 24.3 Å². The van der Waals surface area contributed by atoms with Crippen LogP contribution in [-0.2, 0) is 0 Å². The van der Waals surface area contributed by atoms with Crippen LogP contribution in [0.1, 0.15) is 41.0 Å². The Hall–Kier alpha value is -1.22. The van der Waals surface area contributed by atoms with E-state index in [9.17, 15) is 10.2 Å². The fourth-order valence-corrected chi connectivity index (χ4v) is 2.16. The molecule has 1 rings (SSSR count). The van der Waals surface area contributed by atoms with E-state index in [4.69, 9.17) is 4.74 Å². The zero-order valence-corrected chi connectivity index (χ0v) is 12.6. The number of aliphatic hydroxyl groups is 1. The molecule has 0 aromatic heterocycles. The standard InChI is InChI=1S/C16H26O3/c1-11(2)14(10-16(3,4)5)15(18)19-13-8-6-7-12(17)9-13/h6-9,11,14-15,17-18H,10H2,1-5H3. The molecule has 3 heteroatoms. The third kappa shape index (κ3) is 5.52. The lowest BCUT2D eigenvalue weighted by molar-refractivity contribution is -0.0869. The molecule has 0 spiro atoms. The van der Waals surface area contributed by atoms with Crippen molar-refractivity contribution >= 4 is 0 Å². The van der Waals surface area contributed by atoms with Gasteiger partial charge in [-0.15, -0.1) is 0 Å². The zero-order valence-electron chi connectivity index (χ0n) is 12.6. The summed E-state index contributed by atoms with van der Waals surface area (Å²) in [6, 6.07) is 6.52. The number of phenols is 1. The molecule has 0 amide bonds. The zero-order chi connectivity index (χ0) is 14.6. The first-order valence-electron chi connectivity index (χ1n) is 6.83. The quantitative estimate of drug-likeness (QED) is 0.797. The highest BCUT2D eigenvalue weighted by Gasteiger charge is 2.29. The number of rotatable bonds is 5. The second-order valence-electron chi connectivity index (χ2n) is 6.68. The predicted molar refractivity (Wildman–Crippen MR) is 77.1 cm³/mol. The van der Waals surface area contributed by atoms with Crippen molar-refractivity contribution in [1.29, 1.82) is 0 Å². The van der Waals surface area contributed by atoms with Crippen LogP contribution in [0, 0.1) is 17.3 Å². The Bertz CT molecular complexity index is 393. The lowest BCUT2D eigenvalue weighted by Gasteiger charge is -2.32. The van der Waals surface area contributed by atoms with Crippen LogP contribution in [0.4, 0.5) is 0 Å². The van der Waals surface area contributed by atoms with E-state index >= 15 is 0 Å². The van der Waals surface area contributed by atoms with Crippen molar-refractivity contribution in [3.8, 4) is 11.5 Å². The van der Waals surface area contributed by atoms with Gasteiger partial charge in [-0.25, -0.2) is 0 Å². The van der Waals surface area contributed by atoms with E-state index in [1.54, 1.807) is 18.2 Å². The van der Waals surface area contributed by atoms with Gasteiger partial charge in [-0.1, -0.05) is 40.7 Å². The maximum atomic E-state index is 10.3. The number of aliphatic hydroxyl groups excluding tert-OH is 1. The van der Waals surface area contributed by atoms with Crippen LogP contribution in [0.5, 0.6) is 11.5 Å². The van der Waals surface area contributed by atoms with E-state index in [0.717, 1.165) is 6.42 Å². The Morgan fingerprint density at radius 1 is 1.21 bits per heavy atom. The average molecular weight is 266 g/mol. The average Bonchev–Trinajstić information content (AvgIpc) is 2.24. The molecule has 0 radical (unpaired) electrons. The van der Waals surface area contributed by atoms with Crippen molar-refractivity contribution in [2.24, 2.45) is 17.3 Å². The lowest BCUT2D eigenvalue weighted by atomic mass is 9.79. The van der Waals surface area contributed by atoms with Crippen molar-refractivity contribution in [2.45, 2.75) is 47.3 Å². The molecular formula is C16H26O3. The summed E-state index contributed by atoms with van der Waals surface area (Å²) in [5, 5.41) is 19.7. The third-order valence-corrected chi connectivity index (χ3v) is 3.15. The Morgan fingerprint density at radius 3 is 2.32 bits per heavy atom. The highest BCUT2D eigenvalue weighted by molar-refractivity contribution is 5.31. The topological polar surface area (TPSA) is 49.7 Å². The van der Waals surface area contributed by atoms with Gasteiger partial charge in [0.25, 0.3) is 0 Å². The van der Waals surface area contributed by atoms with E-state index < -0.39 is 6.29 Å². The second kappa shape index (κ2) is 6.29. The molecule has 0 aliphatic carbocycles. The van der Waals surface area contributed by atoms with Gasteiger partial charge in [0, 0.05) is 12.0 Å². The summed E-state index contributed by atoms with van der Waals surface area (Å²) in [5.41, 5.74) is 0.137. The first-order chi connectivity index (χ1) is 8.69. The molecule has 3 nitrogen and oxygen atoms in total. The molecule has 0 aliphatic heterocycles. The Balaban J connectivity index is 2.75. The van der Waals surface area contributed by atoms with Gasteiger partial charge >= 0.3 is 0 Å². The van der Waals surface area contributed by atoms with Gasteiger partial charge in [-0.05, 0) is 29.9 Å². The summed E-state index contributed by atoms with van der Waals surface area (Å²) < 4.78 is 5.56. The molecule has 1 aromatic rings. The maximum absolute atomic E-state index is 10.3. The molecule has 0 saturated heterocycles. The van der Waals surface area contributed by atoms with Crippen LogP contribution in [0.3, 0.4) is 0 Å². The highest BCUT2D eigenvalue weighted by Crippen LogP contribution is 2.32. The summed E-state index contributed by atoms with van der Waals surface area (Å²) in [6.07, 6.45) is 0.0195. The van der Waals surface area contributed by atoms with E-state index in [-0.39, 0.29) is 17.1 Å². The van der Waals surface area contributed by atoms with Crippen molar-refractivity contribution in [1.82, 2.24) is 0 Å². The number of ether oxygens (including phenoxy) is 1. The highest BCUT2D eigenvalue weighted by atomic mass is 16.6. The molecule has 0 bridgehead atoms. The van der Waals surface area contributed by atoms with Crippen LogP contribution in [0.15, 0.2) is 24.3 Å². The fourth-order valence-electron chi connectivity index (χ4n) is 2.16. The molecule has 0 aliphatic rings. The summed E-state index contributed by atoms with van der Waals surface area (Å²) in [5.74, 6) is 1.02. The molecule has 1 aromatic carbocycles. The third-order valence-electron chi connectivity index (χ3n) is 3.15. The van der Waals surface area contributed by atoms with Crippen LogP contribution >= 0.6 is 0 Å². The number of hydrogen-bond donors (Lipinski definition) is 2. The van der Waals surface area contributed by atoms with Crippen LogP contribution in [0.25, 0.3) is 0 Å². The fraction of sp³-hybridized carbons (Fsp3) is 0.625. The van der Waals surface area contributed by atoms with E-state index in [1.807, 2.05) is 0 Å². The van der Waals surface area contributed by atoms with Gasteiger partial charge in [0.1, 0.15) is 11.5 Å². The lowest BCUT2D eigenvalue weighted by Crippen LogP contribution is -2.33. The summed E-state index contributed by atoms with van der Waals surface area (Å²) in [6.45, 7) is 10.6. The first-order valence-corrected chi connectivity index (χ1v) is 6.83. The molecule has 2 atom stereocenters. The molecule has 0 saturated carbocycles. The van der Waals surface area contributed by atoms with Gasteiger partial charge < -0.3 is 14.9 Å². The van der Waals surface area contributed by atoms with Gasteiger partial charge in [0.05, 0.1) is 0 Å². The van der Waals surface area contributed by atoms with Gasteiger partial charge in [0.15, 0.2) is 6.29 Å². The summed E-state index contributed by atoms with van der Waals surface area (Å²) in [4.78, 5) is 0. The van der Waals surface area contributed by atoms with Gasteiger partial charge in [0.2, 0.25) is 0 Å². The normalized spacial score (nSPS) is 15.3. The predicted octanol–water partition coefficient (Wildman–Crippen LogP) is 3.80. The molecule has 2 N–H and O–H groups in total. The minimum absolute atomic E-state index is 0.0577. The summed E-state index contributed by atoms with van der Waals surface area (Å²) >= 11 is 0. The van der Waals surface area contributed by atoms with Crippen LogP contribution in [-0.4, -0.2) is 16.5 Å². The maximum Gasteiger partial charge on any atom is 0.200 e. The second-order valence-corrected chi connectivity index (χ2v) is 6.68. The largest absolute Gasteiger partial charge is 0.508 e.